The van der Waals surface area contributed by atoms with Gasteiger partial charge in [-0.05, 0) is 38.3 Å². The van der Waals surface area contributed by atoms with E-state index in [1.54, 1.807) is 4.31 Å². The molecule has 0 saturated carbocycles. The fourth-order valence-corrected chi connectivity index (χ4v) is 4.33. The van der Waals surface area contributed by atoms with Crippen molar-refractivity contribution in [2.24, 2.45) is 11.8 Å². The Morgan fingerprint density at radius 2 is 2.11 bits per heavy atom. The van der Waals surface area contributed by atoms with Crippen LogP contribution in [0.1, 0.15) is 33.1 Å². The maximum absolute atomic E-state index is 12.2. The van der Waals surface area contributed by atoms with Gasteiger partial charge in [0.25, 0.3) is 0 Å². The SMILES string of the molecule is CCC(C)CS(=O)(=O)N1CCCC(CNC)C1.Cl. The maximum atomic E-state index is 12.2. The molecule has 18 heavy (non-hydrogen) atoms. The Morgan fingerprint density at radius 1 is 1.44 bits per heavy atom. The van der Waals surface area contributed by atoms with E-state index in [1.807, 2.05) is 20.9 Å². The van der Waals surface area contributed by atoms with Crippen molar-refractivity contribution in [2.45, 2.75) is 33.1 Å². The lowest BCUT2D eigenvalue weighted by molar-refractivity contribution is 0.262. The molecule has 6 heteroatoms. The van der Waals surface area contributed by atoms with Gasteiger partial charge < -0.3 is 5.32 Å². The van der Waals surface area contributed by atoms with Crippen molar-refractivity contribution >= 4 is 22.4 Å². The van der Waals surface area contributed by atoms with E-state index in [0.29, 0.717) is 24.8 Å². The van der Waals surface area contributed by atoms with Crippen LogP contribution in [0.25, 0.3) is 0 Å². The van der Waals surface area contributed by atoms with Gasteiger partial charge in [-0.15, -0.1) is 12.4 Å². The lowest BCUT2D eigenvalue weighted by Crippen LogP contribution is -2.44. The Bertz CT molecular complexity index is 320. The van der Waals surface area contributed by atoms with E-state index in [2.05, 4.69) is 5.32 Å². The first-order chi connectivity index (χ1) is 7.99. The number of hydrogen-bond donors (Lipinski definition) is 1. The van der Waals surface area contributed by atoms with Crippen molar-refractivity contribution in [3.63, 3.8) is 0 Å². The van der Waals surface area contributed by atoms with Crippen LogP contribution < -0.4 is 5.32 Å². The third-order valence-corrected chi connectivity index (χ3v) is 5.67. The lowest BCUT2D eigenvalue weighted by Gasteiger charge is -2.32. The summed E-state index contributed by atoms with van der Waals surface area (Å²) in [7, 11) is -1.12. The first-order valence-electron chi connectivity index (χ1n) is 6.62. The Kier molecular flexibility index (Phi) is 8.43. The Morgan fingerprint density at radius 3 is 2.67 bits per heavy atom. The molecule has 0 aromatic rings. The van der Waals surface area contributed by atoms with Gasteiger partial charge in [0.15, 0.2) is 0 Å². The molecule has 110 valence electrons. The monoisotopic (exact) mass is 298 g/mol. The minimum absolute atomic E-state index is 0. The zero-order valence-corrected chi connectivity index (χ0v) is 13.3. The van der Waals surface area contributed by atoms with Crippen LogP contribution in [0.5, 0.6) is 0 Å². The minimum Gasteiger partial charge on any atom is -0.319 e. The Hall–Kier alpha value is 0.160. The number of rotatable bonds is 6. The minimum atomic E-state index is -3.04. The lowest BCUT2D eigenvalue weighted by atomic mass is 10.00. The number of nitrogens with one attached hydrogen (secondary N) is 1. The standard InChI is InChI=1S/C12H26N2O2S.ClH/c1-4-11(2)10-17(15,16)14-7-5-6-12(9-14)8-13-3;/h11-13H,4-10H2,1-3H3;1H. The topological polar surface area (TPSA) is 49.4 Å². The Balaban J connectivity index is 0.00000289. The quantitative estimate of drug-likeness (QED) is 0.812. The van der Waals surface area contributed by atoms with E-state index in [4.69, 9.17) is 0 Å². The molecule has 2 atom stereocenters. The first-order valence-corrected chi connectivity index (χ1v) is 8.23. The van der Waals surface area contributed by atoms with Crippen LogP contribution in [0.4, 0.5) is 0 Å². The highest BCUT2D eigenvalue weighted by Gasteiger charge is 2.29. The van der Waals surface area contributed by atoms with Crippen LogP contribution in [-0.4, -0.2) is 45.2 Å². The van der Waals surface area contributed by atoms with Crippen molar-refractivity contribution in [1.82, 2.24) is 9.62 Å². The molecule has 0 bridgehead atoms. The molecular formula is C12H27ClN2O2S. The largest absolute Gasteiger partial charge is 0.319 e. The molecule has 0 spiro atoms. The van der Waals surface area contributed by atoms with Gasteiger partial charge in [-0.25, -0.2) is 12.7 Å². The van der Waals surface area contributed by atoms with Crippen LogP contribution in [0.3, 0.4) is 0 Å². The van der Waals surface area contributed by atoms with E-state index in [-0.39, 0.29) is 18.3 Å². The molecule has 1 rings (SSSR count). The van der Waals surface area contributed by atoms with Gasteiger partial charge in [0, 0.05) is 13.1 Å². The predicted octanol–water partition coefficient (Wildman–Crippen LogP) is 1.72. The molecule has 1 heterocycles. The molecule has 4 nitrogen and oxygen atoms in total. The highest BCUT2D eigenvalue weighted by molar-refractivity contribution is 7.89. The molecule has 0 aliphatic carbocycles. The molecule has 1 N–H and O–H groups in total. The van der Waals surface area contributed by atoms with Crippen LogP contribution >= 0.6 is 12.4 Å². The third kappa shape index (κ3) is 5.43. The van der Waals surface area contributed by atoms with Crippen molar-refractivity contribution in [1.29, 1.82) is 0 Å². The summed E-state index contributed by atoms with van der Waals surface area (Å²) >= 11 is 0. The van der Waals surface area contributed by atoms with Gasteiger partial charge in [-0.1, -0.05) is 20.3 Å². The Labute approximate surface area is 118 Å². The summed E-state index contributed by atoms with van der Waals surface area (Å²) in [5.74, 6) is 1.03. The zero-order valence-electron chi connectivity index (χ0n) is 11.7. The van der Waals surface area contributed by atoms with Gasteiger partial charge in [-0.2, -0.15) is 0 Å². The van der Waals surface area contributed by atoms with Crippen molar-refractivity contribution in [3.8, 4) is 0 Å². The second-order valence-corrected chi connectivity index (χ2v) is 7.23. The summed E-state index contributed by atoms with van der Waals surface area (Å²) in [6, 6.07) is 0. The van der Waals surface area contributed by atoms with Gasteiger partial charge in [0.2, 0.25) is 10.0 Å². The fraction of sp³-hybridized carbons (Fsp3) is 1.00. The average molecular weight is 299 g/mol. The van der Waals surface area contributed by atoms with E-state index in [1.165, 1.54) is 0 Å². The fourth-order valence-electron chi connectivity index (χ4n) is 2.32. The number of nitrogens with zero attached hydrogens (tertiary/aromatic N) is 1. The van der Waals surface area contributed by atoms with Crippen molar-refractivity contribution < 1.29 is 8.42 Å². The zero-order chi connectivity index (χ0) is 12.9. The summed E-state index contributed by atoms with van der Waals surface area (Å²) in [5, 5.41) is 3.14. The molecule has 1 saturated heterocycles. The van der Waals surface area contributed by atoms with Gasteiger partial charge >= 0.3 is 0 Å². The van der Waals surface area contributed by atoms with E-state index < -0.39 is 10.0 Å². The molecule has 1 aliphatic heterocycles. The maximum Gasteiger partial charge on any atom is 0.214 e. The van der Waals surface area contributed by atoms with E-state index in [9.17, 15) is 8.42 Å². The highest BCUT2D eigenvalue weighted by atomic mass is 35.5. The third-order valence-electron chi connectivity index (χ3n) is 3.56. The molecule has 0 radical (unpaired) electrons. The van der Waals surface area contributed by atoms with Crippen LogP contribution in [-0.2, 0) is 10.0 Å². The normalized spacial score (nSPS) is 23.4. The van der Waals surface area contributed by atoms with E-state index in [0.717, 1.165) is 25.8 Å². The highest BCUT2D eigenvalue weighted by Crippen LogP contribution is 2.20. The second-order valence-electron chi connectivity index (χ2n) is 5.22. The molecule has 1 aliphatic rings. The molecule has 0 aromatic carbocycles. The van der Waals surface area contributed by atoms with Crippen LogP contribution in [0.15, 0.2) is 0 Å². The van der Waals surface area contributed by atoms with E-state index >= 15 is 0 Å². The average Bonchev–Trinajstić information content (AvgIpc) is 2.29. The molecule has 0 amide bonds. The first kappa shape index (κ1) is 18.2. The number of piperidine rings is 1. The van der Waals surface area contributed by atoms with Gasteiger partial charge in [0.05, 0.1) is 5.75 Å². The van der Waals surface area contributed by atoms with Crippen molar-refractivity contribution in [3.05, 3.63) is 0 Å². The van der Waals surface area contributed by atoms with Gasteiger partial charge in [0.1, 0.15) is 0 Å². The summed E-state index contributed by atoms with van der Waals surface area (Å²) in [5.41, 5.74) is 0. The van der Waals surface area contributed by atoms with Gasteiger partial charge in [-0.3, -0.25) is 0 Å². The molecule has 0 aromatic heterocycles. The molecule has 2 unspecified atom stereocenters. The summed E-state index contributed by atoms with van der Waals surface area (Å²) in [6.07, 6.45) is 3.05. The van der Waals surface area contributed by atoms with Crippen molar-refractivity contribution in [2.75, 3.05) is 32.4 Å². The summed E-state index contributed by atoms with van der Waals surface area (Å²) in [6.45, 7) is 6.36. The predicted molar refractivity (Wildman–Crippen MR) is 78.7 cm³/mol. The number of halogens is 1. The number of hydrogen-bond acceptors (Lipinski definition) is 3. The smallest absolute Gasteiger partial charge is 0.214 e. The molecule has 1 fully saturated rings. The molecular weight excluding hydrogens is 272 g/mol. The second kappa shape index (κ2) is 8.35. The van der Waals surface area contributed by atoms with Crippen LogP contribution in [0.2, 0.25) is 0 Å². The number of sulfonamides is 1. The van der Waals surface area contributed by atoms with Crippen LogP contribution in [0, 0.1) is 11.8 Å². The summed E-state index contributed by atoms with van der Waals surface area (Å²) in [4.78, 5) is 0. The summed E-state index contributed by atoms with van der Waals surface area (Å²) < 4.78 is 26.1.